The predicted molar refractivity (Wildman–Crippen MR) is 277 cm³/mol. The van der Waals surface area contributed by atoms with Gasteiger partial charge in [-0.3, -0.25) is 0 Å². The summed E-state index contributed by atoms with van der Waals surface area (Å²) in [7, 11) is -2.85. The van der Waals surface area contributed by atoms with Crippen LogP contribution in [0.15, 0.2) is 261 Å². The molecular formula is C61H43N5Si. The molecule has 67 heavy (non-hydrogen) atoms. The van der Waals surface area contributed by atoms with E-state index >= 15 is 0 Å². The molecule has 0 radical (unpaired) electrons. The van der Waals surface area contributed by atoms with Crippen LogP contribution >= 0.6 is 0 Å². The van der Waals surface area contributed by atoms with Gasteiger partial charge in [0.15, 0.2) is 31.4 Å². The molecule has 0 aliphatic heterocycles. The molecule has 2 heterocycles. The summed E-state index contributed by atoms with van der Waals surface area (Å²) >= 11 is 0. The van der Waals surface area contributed by atoms with Crippen LogP contribution in [0, 0.1) is 0 Å². The van der Waals surface area contributed by atoms with Crippen molar-refractivity contribution in [3.05, 3.63) is 261 Å². The van der Waals surface area contributed by atoms with Gasteiger partial charge in [-0.25, -0.2) is 24.9 Å². The summed E-state index contributed by atoms with van der Waals surface area (Å²) < 4.78 is 0. The molecule has 0 bridgehead atoms. The molecule has 0 atom stereocenters. The minimum Gasteiger partial charge on any atom is -0.228 e. The fourth-order valence-electron chi connectivity index (χ4n) is 9.21. The highest BCUT2D eigenvalue weighted by atomic mass is 28.3. The van der Waals surface area contributed by atoms with Gasteiger partial charge in [-0.1, -0.05) is 255 Å². The molecule has 0 aliphatic carbocycles. The average molecular weight is 874 g/mol. The normalized spacial score (nSPS) is 11.3. The minimum absolute atomic E-state index is 0.571. The molecule has 6 heteroatoms. The first-order valence-corrected chi connectivity index (χ1v) is 24.5. The molecule has 0 saturated heterocycles. The van der Waals surface area contributed by atoms with Gasteiger partial charge in [0.1, 0.15) is 0 Å². The van der Waals surface area contributed by atoms with Crippen LogP contribution in [-0.2, 0) is 0 Å². The van der Waals surface area contributed by atoms with E-state index in [2.05, 4.69) is 194 Å². The van der Waals surface area contributed by atoms with E-state index in [4.69, 9.17) is 24.9 Å². The maximum Gasteiger partial charge on any atom is 0.179 e. The summed E-state index contributed by atoms with van der Waals surface area (Å²) in [5.74, 6) is 2.39. The van der Waals surface area contributed by atoms with Crippen LogP contribution < -0.4 is 20.7 Å². The van der Waals surface area contributed by atoms with Crippen molar-refractivity contribution in [1.29, 1.82) is 0 Å². The maximum absolute atomic E-state index is 5.40. The van der Waals surface area contributed by atoms with Gasteiger partial charge in [-0.15, -0.1) is 0 Å². The number of rotatable bonds is 11. The largest absolute Gasteiger partial charge is 0.228 e. The van der Waals surface area contributed by atoms with Crippen LogP contribution in [0.2, 0.25) is 0 Å². The number of aromatic nitrogens is 5. The third kappa shape index (κ3) is 8.07. The Morgan fingerprint density at radius 3 is 0.970 bits per heavy atom. The SMILES string of the molecule is c1ccc(-c2cc(-c3ccccc3)nc(-c3ccccc3-c3ccccc3-c3nc(-c4ccccc4)nc(-c4cccc([Si](c5ccccc5)(c5ccccc5)c5ccccc5)c4)n3)n2)cc1. The Labute approximate surface area is 391 Å². The van der Waals surface area contributed by atoms with Crippen LogP contribution in [0.1, 0.15) is 0 Å². The number of hydrogen-bond acceptors (Lipinski definition) is 5. The summed E-state index contributed by atoms with van der Waals surface area (Å²) in [4.78, 5) is 26.4. The Morgan fingerprint density at radius 2 is 0.522 bits per heavy atom. The Morgan fingerprint density at radius 1 is 0.209 bits per heavy atom. The molecule has 11 aromatic rings. The molecule has 9 aromatic carbocycles. The van der Waals surface area contributed by atoms with E-state index in [0.717, 1.165) is 55.9 Å². The van der Waals surface area contributed by atoms with Gasteiger partial charge in [-0.2, -0.15) is 0 Å². The summed E-state index contributed by atoms with van der Waals surface area (Å²) in [6.07, 6.45) is 0. The van der Waals surface area contributed by atoms with Crippen LogP contribution in [0.25, 0.3) is 79.2 Å². The highest BCUT2D eigenvalue weighted by Crippen LogP contribution is 2.38. The number of nitrogens with zero attached hydrogens (tertiary/aromatic N) is 5. The molecule has 2 aromatic heterocycles. The van der Waals surface area contributed by atoms with Crippen LogP contribution in [0.5, 0.6) is 0 Å². The van der Waals surface area contributed by atoms with Crippen molar-refractivity contribution in [2.75, 3.05) is 0 Å². The van der Waals surface area contributed by atoms with Crippen LogP contribution in [0.3, 0.4) is 0 Å². The number of benzene rings is 9. The van der Waals surface area contributed by atoms with Crippen molar-refractivity contribution >= 4 is 28.8 Å². The Hall–Kier alpha value is -8.71. The van der Waals surface area contributed by atoms with Gasteiger partial charge >= 0.3 is 0 Å². The zero-order valence-corrected chi connectivity index (χ0v) is 37.6. The van der Waals surface area contributed by atoms with E-state index in [0.29, 0.717) is 23.3 Å². The van der Waals surface area contributed by atoms with Gasteiger partial charge in [0.2, 0.25) is 0 Å². The second-order valence-corrected chi connectivity index (χ2v) is 20.2. The predicted octanol–water partition coefficient (Wildman–Crippen LogP) is 11.7. The Balaban J connectivity index is 1.10. The van der Waals surface area contributed by atoms with Gasteiger partial charge in [0.05, 0.1) is 11.4 Å². The summed E-state index contributed by atoms with van der Waals surface area (Å²) in [5.41, 5.74) is 9.26. The average Bonchev–Trinajstić information content (AvgIpc) is 3.42. The highest BCUT2D eigenvalue weighted by Gasteiger charge is 2.41. The molecule has 0 unspecified atom stereocenters. The monoisotopic (exact) mass is 873 g/mol. The second kappa shape index (κ2) is 18.4. The second-order valence-electron chi connectivity index (χ2n) is 16.4. The first kappa shape index (κ1) is 41.0. The zero-order valence-electron chi connectivity index (χ0n) is 36.6. The van der Waals surface area contributed by atoms with E-state index in [1.807, 2.05) is 66.7 Å². The molecule has 11 rings (SSSR count). The number of hydrogen-bond donors (Lipinski definition) is 0. The van der Waals surface area contributed by atoms with E-state index in [-0.39, 0.29) is 0 Å². The van der Waals surface area contributed by atoms with Crippen LogP contribution in [-0.4, -0.2) is 33.0 Å². The highest BCUT2D eigenvalue weighted by molar-refractivity contribution is 7.19. The molecule has 0 amide bonds. The Kier molecular flexibility index (Phi) is 11.3. The van der Waals surface area contributed by atoms with Crippen LogP contribution in [0.4, 0.5) is 0 Å². The molecule has 0 N–H and O–H groups in total. The lowest BCUT2D eigenvalue weighted by molar-refractivity contribution is 1.07. The van der Waals surface area contributed by atoms with E-state index in [1.54, 1.807) is 0 Å². The van der Waals surface area contributed by atoms with E-state index < -0.39 is 8.07 Å². The Bertz CT molecular complexity index is 3290. The third-order valence-electron chi connectivity index (χ3n) is 12.3. The summed E-state index contributed by atoms with van der Waals surface area (Å²) in [5, 5.41) is 5.13. The van der Waals surface area contributed by atoms with Crippen molar-refractivity contribution < 1.29 is 0 Å². The fourth-order valence-corrected chi connectivity index (χ4v) is 14.0. The fraction of sp³-hybridized carbons (Fsp3) is 0. The first-order valence-electron chi connectivity index (χ1n) is 22.5. The molecule has 5 nitrogen and oxygen atoms in total. The van der Waals surface area contributed by atoms with Crippen molar-refractivity contribution in [1.82, 2.24) is 24.9 Å². The summed E-state index contributed by atoms with van der Waals surface area (Å²) in [6, 6.07) is 91.4. The quantitative estimate of drug-likeness (QED) is 0.0957. The molecule has 0 aliphatic rings. The van der Waals surface area contributed by atoms with E-state index in [9.17, 15) is 0 Å². The molecule has 0 saturated carbocycles. The van der Waals surface area contributed by atoms with Gasteiger partial charge in [-0.05, 0) is 37.9 Å². The molecule has 0 spiro atoms. The lowest BCUT2D eigenvalue weighted by atomic mass is 9.94. The summed E-state index contributed by atoms with van der Waals surface area (Å²) in [6.45, 7) is 0. The topological polar surface area (TPSA) is 64.5 Å². The van der Waals surface area contributed by atoms with Gasteiger partial charge in [0.25, 0.3) is 0 Å². The lowest BCUT2D eigenvalue weighted by Gasteiger charge is -2.34. The first-order chi connectivity index (χ1) is 33.2. The maximum atomic E-state index is 5.40. The molecular weight excluding hydrogens is 831 g/mol. The van der Waals surface area contributed by atoms with Crippen molar-refractivity contribution in [2.45, 2.75) is 0 Å². The van der Waals surface area contributed by atoms with E-state index in [1.165, 1.54) is 20.7 Å². The molecule has 0 fully saturated rings. The van der Waals surface area contributed by atoms with Gasteiger partial charge < -0.3 is 0 Å². The smallest absolute Gasteiger partial charge is 0.179 e. The zero-order chi connectivity index (χ0) is 44.8. The molecule has 316 valence electrons. The minimum atomic E-state index is -2.85. The van der Waals surface area contributed by atoms with Gasteiger partial charge in [0, 0.05) is 33.4 Å². The standard InChI is InChI=1S/C61H43N5Si/c1-7-24-44(25-8-1)56-43-57(45-26-9-2-10-27-45)63-60(62-56)54-40-21-19-38-52(54)53-39-20-22-41-55(53)61-65-58(46-28-11-3-12-29-46)64-59(66-61)47-30-23-37-51(42-47)67(48-31-13-4-14-32-48,49-33-15-5-16-34-49)50-35-17-6-18-36-50/h1-43H. The van der Waals surface area contributed by atoms with Crippen molar-refractivity contribution in [3.63, 3.8) is 0 Å². The van der Waals surface area contributed by atoms with Crippen molar-refractivity contribution in [3.8, 4) is 79.2 Å². The lowest BCUT2D eigenvalue weighted by Crippen LogP contribution is -2.74. The third-order valence-corrected chi connectivity index (χ3v) is 17.1. The van der Waals surface area contributed by atoms with Crippen molar-refractivity contribution in [2.24, 2.45) is 0 Å².